The van der Waals surface area contributed by atoms with Gasteiger partial charge in [-0.2, -0.15) is 0 Å². The Bertz CT molecular complexity index is 564. The van der Waals surface area contributed by atoms with Crippen LogP contribution in [-0.4, -0.2) is 37.0 Å². The van der Waals surface area contributed by atoms with E-state index in [1.54, 1.807) is 24.3 Å². The molecule has 0 atom stereocenters. The van der Waals surface area contributed by atoms with Crippen LogP contribution in [0.4, 0.5) is 10.5 Å². The molecule has 1 rings (SSSR count). The van der Waals surface area contributed by atoms with E-state index >= 15 is 0 Å². The van der Waals surface area contributed by atoms with Gasteiger partial charge in [0, 0.05) is 12.6 Å². The average Bonchev–Trinajstić information content (AvgIpc) is 2.43. The van der Waals surface area contributed by atoms with Gasteiger partial charge < -0.3 is 21.3 Å². The third-order valence-corrected chi connectivity index (χ3v) is 2.60. The van der Waals surface area contributed by atoms with E-state index in [4.69, 9.17) is 0 Å². The SMILES string of the molecule is CNC(=O)CNC(=O)Nc1ccccc1C(=O)NC(C)(C)C. The molecule has 7 heteroatoms. The van der Waals surface area contributed by atoms with Crippen molar-refractivity contribution in [3.63, 3.8) is 0 Å². The van der Waals surface area contributed by atoms with Crippen molar-refractivity contribution >= 4 is 23.5 Å². The lowest BCUT2D eigenvalue weighted by atomic mass is 10.1. The maximum Gasteiger partial charge on any atom is 0.319 e. The van der Waals surface area contributed by atoms with E-state index in [2.05, 4.69) is 21.3 Å². The largest absolute Gasteiger partial charge is 0.358 e. The Kier molecular flexibility index (Phi) is 5.91. The molecule has 22 heavy (non-hydrogen) atoms. The summed E-state index contributed by atoms with van der Waals surface area (Å²) in [5, 5.41) is 10.2. The van der Waals surface area contributed by atoms with E-state index in [0.717, 1.165) is 0 Å². The second kappa shape index (κ2) is 7.44. The first kappa shape index (κ1) is 17.5. The number of likely N-dealkylation sites (N-methyl/N-ethyl adjacent to an activating group) is 1. The van der Waals surface area contributed by atoms with Crippen molar-refractivity contribution in [1.82, 2.24) is 16.0 Å². The number of nitrogens with one attached hydrogen (secondary N) is 4. The number of rotatable bonds is 4. The first-order chi connectivity index (χ1) is 10.2. The van der Waals surface area contributed by atoms with Crippen LogP contribution in [0.3, 0.4) is 0 Å². The fourth-order valence-electron chi connectivity index (χ4n) is 1.61. The Morgan fingerprint density at radius 3 is 2.32 bits per heavy atom. The lowest BCUT2D eigenvalue weighted by molar-refractivity contribution is -0.119. The average molecular weight is 306 g/mol. The zero-order valence-electron chi connectivity index (χ0n) is 13.2. The van der Waals surface area contributed by atoms with Crippen molar-refractivity contribution < 1.29 is 14.4 Å². The van der Waals surface area contributed by atoms with Gasteiger partial charge >= 0.3 is 6.03 Å². The molecule has 0 fully saturated rings. The Balaban J connectivity index is 2.77. The van der Waals surface area contributed by atoms with Crippen LogP contribution in [0.15, 0.2) is 24.3 Å². The number of hydrogen-bond acceptors (Lipinski definition) is 3. The first-order valence-corrected chi connectivity index (χ1v) is 6.90. The molecule has 4 N–H and O–H groups in total. The molecule has 0 aliphatic rings. The quantitative estimate of drug-likeness (QED) is 0.670. The highest BCUT2D eigenvalue weighted by Crippen LogP contribution is 2.16. The molecule has 0 aliphatic heterocycles. The lowest BCUT2D eigenvalue weighted by Crippen LogP contribution is -2.41. The van der Waals surface area contributed by atoms with Crippen LogP contribution < -0.4 is 21.3 Å². The minimum Gasteiger partial charge on any atom is -0.358 e. The summed E-state index contributed by atoms with van der Waals surface area (Å²) in [7, 11) is 1.48. The van der Waals surface area contributed by atoms with Crippen LogP contribution in [0.1, 0.15) is 31.1 Å². The lowest BCUT2D eigenvalue weighted by Gasteiger charge is -2.21. The van der Waals surface area contributed by atoms with Crippen LogP contribution in [0.2, 0.25) is 0 Å². The molecule has 0 aliphatic carbocycles. The van der Waals surface area contributed by atoms with Gasteiger partial charge in [-0.05, 0) is 32.9 Å². The molecule has 0 saturated carbocycles. The zero-order chi connectivity index (χ0) is 16.8. The summed E-state index contributed by atoms with van der Waals surface area (Å²) in [4.78, 5) is 35.1. The van der Waals surface area contributed by atoms with Crippen molar-refractivity contribution in [2.45, 2.75) is 26.3 Å². The Labute approximate surface area is 129 Å². The van der Waals surface area contributed by atoms with Crippen molar-refractivity contribution in [3.05, 3.63) is 29.8 Å². The fourth-order valence-corrected chi connectivity index (χ4v) is 1.61. The number of hydrogen-bond donors (Lipinski definition) is 4. The summed E-state index contributed by atoms with van der Waals surface area (Å²) >= 11 is 0. The van der Waals surface area contributed by atoms with Crippen LogP contribution in [0.5, 0.6) is 0 Å². The van der Waals surface area contributed by atoms with Crippen molar-refractivity contribution in [1.29, 1.82) is 0 Å². The predicted octanol–water partition coefficient (Wildman–Crippen LogP) is 1.08. The fraction of sp³-hybridized carbons (Fsp3) is 0.400. The minimum atomic E-state index is -0.556. The van der Waals surface area contributed by atoms with Gasteiger partial charge in [-0.1, -0.05) is 12.1 Å². The van der Waals surface area contributed by atoms with Crippen LogP contribution >= 0.6 is 0 Å². The standard InChI is InChI=1S/C15H22N4O3/c1-15(2,3)19-13(21)10-7-5-6-8-11(10)18-14(22)17-9-12(20)16-4/h5-8H,9H2,1-4H3,(H,16,20)(H,19,21)(H2,17,18,22). The van der Waals surface area contributed by atoms with Gasteiger partial charge in [0.05, 0.1) is 17.8 Å². The molecule has 0 aromatic heterocycles. The summed E-state index contributed by atoms with van der Waals surface area (Å²) < 4.78 is 0. The Morgan fingerprint density at radius 1 is 1.09 bits per heavy atom. The molecule has 0 heterocycles. The van der Waals surface area contributed by atoms with Gasteiger partial charge in [-0.15, -0.1) is 0 Å². The highest BCUT2D eigenvalue weighted by molar-refractivity contribution is 6.04. The van der Waals surface area contributed by atoms with E-state index in [-0.39, 0.29) is 23.9 Å². The van der Waals surface area contributed by atoms with E-state index in [1.807, 2.05) is 20.8 Å². The summed E-state index contributed by atoms with van der Waals surface area (Å²) in [6, 6.07) is 6.11. The number of urea groups is 1. The molecule has 7 nitrogen and oxygen atoms in total. The minimum absolute atomic E-state index is 0.140. The second-order valence-electron chi connectivity index (χ2n) is 5.73. The molecule has 1 aromatic rings. The predicted molar refractivity (Wildman–Crippen MR) is 84.7 cm³/mol. The topological polar surface area (TPSA) is 99.3 Å². The molecule has 4 amide bonds. The maximum atomic E-state index is 12.2. The first-order valence-electron chi connectivity index (χ1n) is 6.90. The highest BCUT2D eigenvalue weighted by Gasteiger charge is 2.18. The van der Waals surface area contributed by atoms with Gasteiger partial charge in [-0.25, -0.2) is 4.79 Å². The molecular weight excluding hydrogens is 284 g/mol. The molecule has 0 saturated heterocycles. The van der Waals surface area contributed by atoms with Crippen LogP contribution in [0.25, 0.3) is 0 Å². The monoisotopic (exact) mass is 306 g/mol. The summed E-state index contributed by atoms with van der Waals surface area (Å²) in [6.45, 7) is 5.48. The van der Waals surface area contributed by atoms with Crippen molar-refractivity contribution in [3.8, 4) is 0 Å². The van der Waals surface area contributed by atoms with Gasteiger partial charge in [0.2, 0.25) is 5.91 Å². The molecule has 0 radical (unpaired) electrons. The number of carbonyl (C=O) groups is 3. The number of anilines is 1. The normalized spacial score (nSPS) is 10.5. The molecule has 0 unspecified atom stereocenters. The summed E-state index contributed by atoms with van der Waals surface area (Å²) in [5.41, 5.74) is 0.345. The second-order valence-corrected chi connectivity index (χ2v) is 5.73. The van der Waals surface area contributed by atoms with Gasteiger partial charge in [-0.3, -0.25) is 9.59 Å². The third-order valence-electron chi connectivity index (χ3n) is 2.60. The Morgan fingerprint density at radius 2 is 1.73 bits per heavy atom. The van der Waals surface area contributed by atoms with Gasteiger partial charge in [0.25, 0.3) is 5.91 Å². The molecule has 0 bridgehead atoms. The smallest absolute Gasteiger partial charge is 0.319 e. The van der Waals surface area contributed by atoms with E-state index < -0.39 is 6.03 Å². The molecule has 120 valence electrons. The van der Waals surface area contributed by atoms with Crippen molar-refractivity contribution in [2.24, 2.45) is 0 Å². The van der Waals surface area contributed by atoms with Crippen LogP contribution in [0, 0.1) is 0 Å². The zero-order valence-corrected chi connectivity index (χ0v) is 13.2. The van der Waals surface area contributed by atoms with Crippen molar-refractivity contribution in [2.75, 3.05) is 18.9 Å². The van der Waals surface area contributed by atoms with Gasteiger partial charge in [0.15, 0.2) is 0 Å². The maximum absolute atomic E-state index is 12.2. The number of carbonyl (C=O) groups excluding carboxylic acids is 3. The van der Waals surface area contributed by atoms with E-state index in [0.29, 0.717) is 11.3 Å². The summed E-state index contributed by atoms with van der Waals surface area (Å²) in [5.74, 6) is -0.594. The number of para-hydroxylation sites is 1. The molecule has 0 spiro atoms. The van der Waals surface area contributed by atoms with Gasteiger partial charge in [0.1, 0.15) is 0 Å². The van der Waals surface area contributed by atoms with E-state index in [9.17, 15) is 14.4 Å². The summed E-state index contributed by atoms with van der Waals surface area (Å²) in [6.07, 6.45) is 0. The molecule has 1 aromatic carbocycles. The van der Waals surface area contributed by atoms with E-state index in [1.165, 1.54) is 7.05 Å². The molecular formula is C15H22N4O3. The number of amides is 4. The van der Waals surface area contributed by atoms with Crippen LogP contribution in [-0.2, 0) is 4.79 Å². The number of benzene rings is 1. The Hall–Kier alpha value is -2.57. The highest BCUT2D eigenvalue weighted by atomic mass is 16.2. The third kappa shape index (κ3) is 5.82.